The molecule has 0 atom stereocenters. The first-order valence-electron chi connectivity index (χ1n) is 10.3. The molecule has 0 spiro atoms. The molecule has 1 fully saturated rings. The number of nitrogens with one attached hydrogen (secondary N) is 2. The van der Waals surface area contributed by atoms with Gasteiger partial charge in [-0.05, 0) is 49.1 Å². The molecule has 0 unspecified atom stereocenters. The highest BCUT2D eigenvalue weighted by Gasteiger charge is 2.20. The van der Waals surface area contributed by atoms with Crippen molar-refractivity contribution in [2.24, 2.45) is 4.99 Å². The molecule has 0 amide bonds. The van der Waals surface area contributed by atoms with Crippen LogP contribution in [0.5, 0.6) is 0 Å². The topological polar surface area (TPSA) is 86.7 Å². The highest BCUT2D eigenvalue weighted by atomic mass is 127. The van der Waals surface area contributed by atoms with E-state index in [2.05, 4.69) is 31.6 Å². The molecule has 0 saturated carbocycles. The lowest BCUT2D eigenvalue weighted by molar-refractivity contribution is 0.196. The molecule has 0 bridgehead atoms. The lowest BCUT2D eigenvalue weighted by Gasteiger charge is -2.32. The Morgan fingerprint density at radius 1 is 1.16 bits per heavy atom. The van der Waals surface area contributed by atoms with E-state index in [9.17, 15) is 8.42 Å². The summed E-state index contributed by atoms with van der Waals surface area (Å²) in [5.41, 5.74) is 2.21. The lowest BCUT2D eigenvalue weighted by Crippen LogP contribution is -2.48. The minimum absolute atomic E-state index is 0. The van der Waals surface area contributed by atoms with Crippen molar-refractivity contribution in [3.05, 3.63) is 59.9 Å². The summed E-state index contributed by atoms with van der Waals surface area (Å²) >= 11 is 0. The molecule has 0 aliphatic carbocycles. The van der Waals surface area contributed by atoms with Crippen molar-refractivity contribution in [2.45, 2.75) is 36.7 Å². The van der Waals surface area contributed by atoms with Crippen LogP contribution >= 0.6 is 24.0 Å². The van der Waals surface area contributed by atoms with Crippen molar-refractivity contribution in [3.63, 3.8) is 0 Å². The quantitative estimate of drug-likeness (QED) is 0.309. The molecule has 7 nitrogen and oxygen atoms in total. The first-order valence-corrected chi connectivity index (χ1v) is 12.2. The number of aromatic nitrogens is 1. The van der Waals surface area contributed by atoms with E-state index in [1.54, 1.807) is 19.2 Å². The SMILES string of the molecule is CN=C(NCCc1ccc(S(C)(=O)=O)cc1)NC1CCN(Cc2ccccn2)CC1.I. The molecule has 31 heavy (non-hydrogen) atoms. The number of sulfone groups is 1. The Hall–Kier alpha value is -1.72. The average Bonchev–Trinajstić information content (AvgIpc) is 2.75. The monoisotopic (exact) mass is 557 g/mol. The van der Waals surface area contributed by atoms with Gasteiger partial charge in [-0.3, -0.25) is 14.9 Å². The highest BCUT2D eigenvalue weighted by Crippen LogP contribution is 2.13. The number of guanidine groups is 1. The number of benzene rings is 1. The van der Waals surface area contributed by atoms with Crippen LogP contribution in [-0.2, 0) is 22.8 Å². The van der Waals surface area contributed by atoms with Gasteiger partial charge in [-0.25, -0.2) is 8.42 Å². The zero-order chi connectivity index (χ0) is 21.4. The number of halogens is 1. The first kappa shape index (κ1) is 25.5. The zero-order valence-electron chi connectivity index (χ0n) is 18.1. The number of hydrogen-bond donors (Lipinski definition) is 2. The fourth-order valence-electron chi connectivity index (χ4n) is 3.57. The van der Waals surface area contributed by atoms with E-state index in [1.165, 1.54) is 6.26 Å². The molecule has 170 valence electrons. The number of pyridine rings is 1. The van der Waals surface area contributed by atoms with Crippen molar-refractivity contribution in [1.29, 1.82) is 0 Å². The number of hydrogen-bond acceptors (Lipinski definition) is 5. The lowest BCUT2D eigenvalue weighted by atomic mass is 10.0. The van der Waals surface area contributed by atoms with E-state index in [-0.39, 0.29) is 24.0 Å². The maximum Gasteiger partial charge on any atom is 0.191 e. The van der Waals surface area contributed by atoms with Gasteiger partial charge in [0.15, 0.2) is 15.8 Å². The minimum Gasteiger partial charge on any atom is -0.356 e. The van der Waals surface area contributed by atoms with Gasteiger partial charge in [-0.2, -0.15) is 0 Å². The molecule has 2 N–H and O–H groups in total. The highest BCUT2D eigenvalue weighted by molar-refractivity contribution is 14.0. The molecule has 2 heterocycles. The predicted molar refractivity (Wildman–Crippen MR) is 136 cm³/mol. The summed E-state index contributed by atoms with van der Waals surface area (Å²) in [6.07, 6.45) is 6.01. The summed E-state index contributed by atoms with van der Waals surface area (Å²) in [4.78, 5) is 11.5. The van der Waals surface area contributed by atoms with Crippen molar-refractivity contribution < 1.29 is 8.42 Å². The van der Waals surface area contributed by atoms with E-state index in [0.29, 0.717) is 10.9 Å². The van der Waals surface area contributed by atoms with E-state index in [0.717, 1.165) is 62.7 Å². The molecular weight excluding hydrogens is 525 g/mol. The van der Waals surface area contributed by atoms with Crippen molar-refractivity contribution in [1.82, 2.24) is 20.5 Å². The Balaban J connectivity index is 0.00000341. The Bertz CT molecular complexity index is 928. The van der Waals surface area contributed by atoms with Gasteiger partial charge in [0.05, 0.1) is 10.6 Å². The normalized spacial score (nSPS) is 15.9. The predicted octanol–water partition coefficient (Wildman–Crippen LogP) is 2.48. The molecule has 3 rings (SSSR count). The number of likely N-dealkylation sites (tertiary alicyclic amines) is 1. The van der Waals surface area contributed by atoms with Crippen molar-refractivity contribution >= 4 is 39.8 Å². The summed E-state index contributed by atoms with van der Waals surface area (Å²) in [7, 11) is -1.36. The van der Waals surface area contributed by atoms with Crippen molar-refractivity contribution in [2.75, 3.05) is 32.9 Å². The van der Waals surface area contributed by atoms with Crippen LogP contribution in [0.4, 0.5) is 0 Å². The van der Waals surface area contributed by atoms with Crippen LogP contribution in [0, 0.1) is 0 Å². The van der Waals surface area contributed by atoms with Gasteiger partial charge in [-0.1, -0.05) is 18.2 Å². The third-order valence-corrected chi connectivity index (χ3v) is 6.45. The Kier molecular flexibility index (Phi) is 10.2. The van der Waals surface area contributed by atoms with Gasteiger partial charge >= 0.3 is 0 Å². The van der Waals surface area contributed by atoms with Crippen LogP contribution in [0.15, 0.2) is 58.5 Å². The van der Waals surface area contributed by atoms with E-state index < -0.39 is 9.84 Å². The van der Waals surface area contributed by atoms with Gasteiger partial charge < -0.3 is 10.6 Å². The maximum atomic E-state index is 11.5. The standard InChI is InChI=1S/C22H31N5O2S.HI/c1-23-22(25-14-10-18-6-8-21(9-7-18)30(2,28)29)26-19-11-15-27(16-12-19)17-20-5-3-4-13-24-20;/h3-9,13,19H,10-12,14-17H2,1-2H3,(H2,23,25,26);1H. The number of nitrogens with zero attached hydrogens (tertiary/aromatic N) is 3. The molecule has 2 aromatic rings. The molecule has 1 aromatic carbocycles. The van der Waals surface area contributed by atoms with Gasteiger partial charge in [0.1, 0.15) is 0 Å². The van der Waals surface area contributed by atoms with Crippen LogP contribution in [0.2, 0.25) is 0 Å². The summed E-state index contributed by atoms with van der Waals surface area (Å²) in [6, 6.07) is 13.5. The molecular formula is C22H32IN5O2S. The van der Waals surface area contributed by atoms with E-state index >= 15 is 0 Å². The molecule has 0 radical (unpaired) electrons. The van der Waals surface area contributed by atoms with Crippen LogP contribution in [0.25, 0.3) is 0 Å². The largest absolute Gasteiger partial charge is 0.356 e. The summed E-state index contributed by atoms with van der Waals surface area (Å²) in [5, 5.41) is 6.88. The fraction of sp³-hybridized carbons (Fsp3) is 0.455. The molecule has 1 saturated heterocycles. The number of piperidine rings is 1. The van der Waals surface area contributed by atoms with Gasteiger partial charge in [0.2, 0.25) is 0 Å². The Morgan fingerprint density at radius 2 is 1.87 bits per heavy atom. The molecule has 1 aliphatic rings. The number of aliphatic imine (C=N–C) groups is 1. The van der Waals surface area contributed by atoms with Gasteiger partial charge in [0, 0.05) is 51.7 Å². The Labute approximate surface area is 202 Å². The number of rotatable bonds is 7. The second-order valence-electron chi connectivity index (χ2n) is 7.68. The Morgan fingerprint density at radius 3 is 2.45 bits per heavy atom. The maximum absolute atomic E-state index is 11.5. The zero-order valence-corrected chi connectivity index (χ0v) is 21.3. The fourth-order valence-corrected chi connectivity index (χ4v) is 4.20. The minimum atomic E-state index is -3.15. The van der Waals surface area contributed by atoms with Crippen LogP contribution in [-0.4, -0.2) is 63.2 Å². The smallest absolute Gasteiger partial charge is 0.191 e. The molecule has 9 heteroatoms. The molecule has 1 aliphatic heterocycles. The van der Waals surface area contributed by atoms with Gasteiger partial charge in [0.25, 0.3) is 0 Å². The van der Waals surface area contributed by atoms with E-state index in [1.807, 2.05) is 30.5 Å². The third-order valence-electron chi connectivity index (χ3n) is 5.32. The summed E-state index contributed by atoms with van der Waals surface area (Å²) in [6.45, 7) is 3.71. The second-order valence-corrected chi connectivity index (χ2v) is 9.70. The van der Waals surface area contributed by atoms with Crippen LogP contribution in [0.3, 0.4) is 0 Å². The first-order chi connectivity index (χ1) is 14.4. The van der Waals surface area contributed by atoms with Crippen LogP contribution in [0.1, 0.15) is 24.1 Å². The van der Waals surface area contributed by atoms with Crippen molar-refractivity contribution in [3.8, 4) is 0 Å². The second kappa shape index (κ2) is 12.4. The van der Waals surface area contributed by atoms with Gasteiger partial charge in [-0.15, -0.1) is 24.0 Å². The average molecular weight is 558 g/mol. The van der Waals surface area contributed by atoms with E-state index in [4.69, 9.17) is 0 Å². The van der Waals surface area contributed by atoms with Crippen LogP contribution < -0.4 is 10.6 Å². The third kappa shape index (κ3) is 8.38. The summed E-state index contributed by atoms with van der Waals surface area (Å²) in [5.74, 6) is 0.811. The summed E-state index contributed by atoms with van der Waals surface area (Å²) < 4.78 is 23.1. The molecule has 1 aromatic heterocycles.